The van der Waals surface area contributed by atoms with Crippen LogP contribution in [-0.4, -0.2) is 11.3 Å². The van der Waals surface area contributed by atoms with Crippen LogP contribution in [0, 0.1) is 0 Å². The van der Waals surface area contributed by atoms with Crippen LogP contribution in [0.2, 0.25) is 0 Å². The zero-order valence-electron chi connectivity index (χ0n) is 11.0. The molecule has 7 heteroatoms. The summed E-state index contributed by atoms with van der Waals surface area (Å²) in [7, 11) is 0. The maximum atomic E-state index is 12.1. The van der Waals surface area contributed by atoms with Crippen LogP contribution in [0.15, 0.2) is 24.3 Å². The molecular formula is C14H13F3N2OS. The number of ether oxygens (including phenoxy) is 1. The van der Waals surface area contributed by atoms with Gasteiger partial charge in [-0.1, -0.05) is 12.1 Å². The smallest absolute Gasteiger partial charge is 0.406 e. The molecule has 0 fully saturated rings. The minimum absolute atomic E-state index is 0.250. The number of hydrogen-bond donors (Lipinski definition) is 1. The molecule has 0 spiro atoms. The van der Waals surface area contributed by atoms with Crippen LogP contribution >= 0.6 is 11.3 Å². The number of nitrogens with two attached hydrogens (primary N) is 1. The minimum Gasteiger partial charge on any atom is -0.406 e. The first-order valence-electron chi connectivity index (χ1n) is 6.52. The first-order chi connectivity index (χ1) is 9.92. The van der Waals surface area contributed by atoms with Crippen molar-refractivity contribution >= 4 is 11.3 Å². The van der Waals surface area contributed by atoms with E-state index in [0.717, 1.165) is 35.5 Å². The number of halogens is 3. The molecular weight excluding hydrogens is 301 g/mol. The van der Waals surface area contributed by atoms with E-state index in [2.05, 4.69) is 9.72 Å². The summed E-state index contributed by atoms with van der Waals surface area (Å²) < 4.78 is 40.1. The molecule has 0 amide bonds. The first kappa shape index (κ1) is 14.3. The van der Waals surface area contributed by atoms with Gasteiger partial charge in [0.2, 0.25) is 0 Å². The van der Waals surface area contributed by atoms with Gasteiger partial charge in [-0.05, 0) is 37.0 Å². The van der Waals surface area contributed by atoms with E-state index in [-0.39, 0.29) is 5.75 Å². The van der Waals surface area contributed by atoms with Crippen molar-refractivity contribution in [2.45, 2.75) is 31.7 Å². The summed E-state index contributed by atoms with van der Waals surface area (Å²) in [5.74, 6) is -0.250. The molecule has 1 aromatic heterocycles. The van der Waals surface area contributed by atoms with Crippen molar-refractivity contribution in [1.82, 2.24) is 4.98 Å². The van der Waals surface area contributed by atoms with Gasteiger partial charge in [0.25, 0.3) is 0 Å². The van der Waals surface area contributed by atoms with Gasteiger partial charge >= 0.3 is 6.36 Å². The van der Waals surface area contributed by atoms with Crippen LogP contribution in [0.1, 0.15) is 33.6 Å². The molecule has 3 rings (SSSR count). The Bertz CT molecular complexity index is 615. The number of alkyl halides is 3. The average molecular weight is 314 g/mol. The Morgan fingerprint density at radius 3 is 2.52 bits per heavy atom. The SMILES string of the molecule is NC(c1ccc(OC(F)(F)F)cc1)c1nc2c(s1)CCC2. The van der Waals surface area contributed by atoms with E-state index in [0.29, 0.717) is 0 Å². The fourth-order valence-electron chi connectivity index (χ4n) is 2.36. The second-order valence-electron chi connectivity index (χ2n) is 4.87. The molecule has 2 N–H and O–H groups in total. The second kappa shape index (κ2) is 5.31. The van der Waals surface area contributed by atoms with Crippen molar-refractivity contribution in [2.75, 3.05) is 0 Å². The molecule has 0 bridgehead atoms. The zero-order valence-corrected chi connectivity index (χ0v) is 11.8. The minimum atomic E-state index is -4.68. The quantitative estimate of drug-likeness (QED) is 0.942. The maximum Gasteiger partial charge on any atom is 0.573 e. The Hall–Kier alpha value is -1.60. The number of benzene rings is 1. The normalized spacial score (nSPS) is 15.8. The molecule has 0 aliphatic heterocycles. The van der Waals surface area contributed by atoms with E-state index in [9.17, 15) is 13.2 Å². The largest absolute Gasteiger partial charge is 0.573 e. The summed E-state index contributed by atoms with van der Waals surface area (Å²) in [6, 6.07) is 5.20. The van der Waals surface area contributed by atoms with Crippen LogP contribution in [-0.2, 0) is 12.8 Å². The molecule has 1 aromatic carbocycles. The molecule has 3 nitrogen and oxygen atoms in total. The second-order valence-corrected chi connectivity index (χ2v) is 5.99. The topological polar surface area (TPSA) is 48.1 Å². The summed E-state index contributed by atoms with van der Waals surface area (Å²) in [5, 5.41) is 0.809. The van der Waals surface area contributed by atoms with E-state index in [1.165, 1.54) is 29.1 Å². The van der Waals surface area contributed by atoms with Crippen molar-refractivity contribution in [1.29, 1.82) is 0 Å². The highest BCUT2D eigenvalue weighted by molar-refractivity contribution is 7.11. The summed E-state index contributed by atoms with van der Waals surface area (Å²) in [6.45, 7) is 0. The third kappa shape index (κ3) is 3.19. The lowest BCUT2D eigenvalue weighted by atomic mass is 10.1. The van der Waals surface area contributed by atoms with Gasteiger partial charge < -0.3 is 10.5 Å². The van der Waals surface area contributed by atoms with Gasteiger partial charge in [0.05, 0.1) is 11.7 Å². The number of aryl methyl sites for hydroxylation is 2. The van der Waals surface area contributed by atoms with Gasteiger partial charge in [-0.25, -0.2) is 4.98 Å². The fourth-order valence-corrected chi connectivity index (χ4v) is 3.55. The third-order valence-electron chi connectivity index (χ3n) is 3.35. The highest BCUT2D eigenvalue weighted by atomic mass is 32.1. The molecule has 1 heterocycles. The van der Waals surface area contributed by atoms with Crippen LogP contribution in [0.5, 0.6) is 5.75 Å². The van der Waals surface area contributed by atoms with Gasteiger partial charge in [0, 0.05) is 4.88 Å². The Labute approximate surface area is 123 Å². The summed E-state index contributed by atoms with van der Waals surface area (Å²) in [6.07, 6.45) is -1.53. The fraction of sp³-hybridized carbons (Fsp3) is 0.357. The summed E-state index contributed by atoms with van der Waals surface area (Å²) >= 11 is 1.59. The van der Waals surface area contributed by atoms with Gasteiger partial charge in [-0.15, -0.1) is 24.5 Å². The summed E-state index contributed by atoms with van der Waals surface area (Å²) in [5.41, 5.74) is 7.97. The van der Waals surface area contributed by atoms with E-state index < -0.39 is 12.4 Å². The lowest BCUT2D eigenvalue weighted by Gasteiger charge is -2.12. The van der Waals surface area contributed by atoms with E-state index in [4.69, 9.17) is 5.73 Å². The predicted octanol–water partition coefficient (Wildman–Crippen LogP) is 3.58. The van der Waals surface area contributed by atoms with Crippen molar-refractivity contribution < 1.29 is 17.9 Å². The van der Waals surface area contributed by atoms with Crippen LogP contribution < -0.4 is 10.5 Å². The van der Waals surface area contributed by atoms with Crippen molar-refractivity contribution in [3.63, 3.8) is 0 Å². The molecule has 0 radical (unpaired) electrons. The van der Waals surface area contributed by atoms with E-state index >= 15 is 0 Å². The van der Waals surface area contributed by atoms with Crippen LogP contribution in [0.4, 0.5) is 13.2 Å². The predicted molar refractivity (Wildman–Crippen MR) is 73.3 cm³/mol. The molecule has 1 aliphatic carbocycles. The molecule has 1 unspecified atom stereocenters. The number of fused-ring (bicyclic) bond motifs is 1. The lowest BCUT2D eigenvalue weighted by molar-refractivity contribution is -0.274. The first-order valence-corrected chi connectivity index (χ1v) is 7.34. The third-order valence-corrected chi connectivity index (χ3v) is 4.59. The lowest BCUT2D eigenvalue weighted by Crippen LogP contribution is -2.17. The molecule has 0 saturated carbocycles. The monoisotopic (exact) mass is 314 g/mol. The molecule has 1 aliphatic rings. The van der Waals surface area contributed by atoms with E-state index in [1.807, 2.05) is 0 Å². The Morgan fingerprint density at radius 2 is 1.90 bits per heavy atom. The van der Waals surface area contributed by atoms with Crippen molar-refractivity contribution in [3.8, 4) is 5.75 Å². The number of thiazole rings is 1. The highest BCUT2D eigenvalue weighted by Gasteiger charge is 2.31. The van der Waals surface area contributed by atoms with E-state index in [1.54, 1.807) is 11.3 Å². The molecule has 1 atom stereocenters. The van der Waals surface area contributed by atoms with Crippen LogP contribution in [0.25, 0.3) is 0 Å². The Morgan fingerprint density at radius 1 is 1.19 bits per heavy atom. The van der Waals surface area contributed by atoms with Crippen molar-refractivity contribution in [3.05, 3.63) is 45.4 Å². The van der Waals surface area contributed by atoms with Crippen molar-refractivity contribution in [2.24, 2.45) is 5.73 Å². The van der Waals surface area contributed by atoms with Crippen LogP contribution in [0.3, 0.4) is 0 Å². The summed E-state index contributed by atoms with van der Waals surface area (Å²) in [4.78, 5) is 5.81. The maximum absolute atomic E-state index is 12.1. The number of hydrogen-bond acceptors (Lipinski definition) is 4. The van der Waals surface area contributed by atoms with Gasteiger partial charge in [-0.3, -0.25) is 0 Å². The Kier molecular flexibility index (Phi) is 3.62. The number of rotatable bonds is 3. The zero-order chi connectivity index (χ0) is 15.0. The Balaban J connectivity index is 1.76. The highest BCUT2D eigenvalue weighted by Crippen LogP contribution is 2.33. The molecule has 0 saturated heterocycles. The molecule has 21 heavy (non-hydrogen) atoms. The molecule has 2 aromatic rings. The number of aromatic nitrogens is 1. The molecule has 112 valence electrons. The standard InChI is InChI=1S/C14H13F3N2OS/c15-14(16,17)20-9-6-4-8(5-7-9)12(18)13-19-10-2-1-3-11(10)21-13/h4-7,12H,1-3,18H2. The number of nitrogens with zero attached hydrogens (tertiary/aromatic N) is 1. The van der Waals surface area contributed by atoms with Gasteiger partial charge in [0.15, 0.2) is 0 Å². The van der Waals surface area contributed by atoms with Gasteiger partial charge in [-0.2, -0.15) is 0 Å². The van der Waals surface area contributed by atoms with Gasteiger partial charge in [0.1, 0.15) is 10.8 Å². The average Bonchev–Trinajstić information content (AvgIpc) is 2.97.